The van der Waals surface area contributed by atoms with Crippen molar-refractivity contribution in [1.82, 2.24) is 4.72 Å². The van der Waals surface area contributed by atoms with Gasteiger partial charge in [-0.3, -0.25) is 4.79 Å². The maximum absolute atomic E-state index is 12.8. The lowest BCUT2D eigenvalue weighted by Gasteiger charge is -2.18. The van der Waals surface area contributed by atoms with Gasteiger partial charge in [0.1, 0.15) is 11.6 Å². The second-order valence-electron chi connectivity index (χ2n) is 8.76. The van der Waals surface area contributed by atoms with Crippen molar-refractivity contribution in [3.8, 4) is 11.1 Å². The fourth-order valence-electron chi connectivity index (χ4n) is 3.73. The van der Waals surface area contributed by atoms with Gasteiger partial charge in [-0.2, -0.15) is 4.72 Å². The molecule has 10 heteroatoms. The second-order valence-corrected chi connectivity index (χ2v) is 12.4. The zero-order valence-corrected chi connectivity index (χ0v) is 21.2. The largest absolute Gasteiger partial charge is 0.480 e. The molecular formula is C26H25NO7S2. The Morgan fingerprint density at radius 2 is 1.47 bits per heavy atom. The summed E-state index contributed by atoms with van der Waals surface area (Å²) in [4.78, 5) is 11.3. The van der Waals surface area contributed by atoms with E-state index in [1.54, 1.807) is 68.4 Å². The highest BCUT2D eigenvalue weighted by Crippen LogP contribution is 2.27. The van der Waals surface area contributed by atoms with Crippen molar-refractivity contribution in [2.24, 2.45) is 5.92 Å². The van der Waals surface area contributed by atoms with Gasteiger partial charge in [0.2, 0.25) is 25.0 Å². The summed E-state index contributed by atoms with van der Waals surface area (Å²) in [5, 5.41) is 9.90. The summed E-state index contributed by atoms with van der Waals surface area (Å²) in [5.74, 6) is -1.89. The fraction of sp³-hybridized carbons (Fsp3) is 0.192. The van der Waals surface area contributed by atoms with Gasteiger partial charge in [0.05, 0.1) is 10.6 Å². The molecule has 1 heterocycles. The van der Waals surface area contributed by atoms with Crippen molar-refractivity contribution in [3.63, 3.8) is 0 Å². The Balaban J connectivity index is 1.49. The maximum Gasteiger partial charge on any atom is 0.322 e. The SMILES string of the molecule is CC(C)[C@@H](NS(=O)(=O)c1ccc(-c2ccc(CS(=O)(=O)c3cc4ccccc4o3)cc2)cc1)C(=O)O. The van der Waals surface area contributed by atoms with Crippen molar-refractivity contribution in [3.05, 3.63) is 84.4 Å². The lowest BCUT2D eigenvalue weighted by Crippen LogP contribution is -2.44. The first kappa shape index (κ1) is 25.6. The van der Waals surface area contributed by atoms with Crippen LogP contribution in [0.3, 0.4) is 0 Å². The van der Waals surface area contributed by atoms with E-state index < -0.39 is 37.8 Å². The number of sulfonamides is 1. The zero-order chi connectivity index (χ0) is 26.1. The number of fused-ring (bicyclic) bond motifs is 1. The summed E-state index contributed by atoms with van der Waals surface area (Å²) in [6.07, 6.45) is 0. The molecule has 0 aliphatic heterocycles. The Morgan fingerprint density at radius 1 is 0.889 bits per heavy atom. The van der Waals surface area contributed by atoms with E-state index in [9.17, 15) is 26.7 Å². The van der Waals surface area contributed by atoms with E-state index in [4.69, 9.17) is 4.42 Å². The molecule has 0 amide bonds. The van der Waals surface area contributed by atoms with E-state index in [0.29, 0.717) is 11.1 Å². The van der Waals surface area contributed by atoms with E-state index >= 15 is 0 Å². The van der Waals surface area contributed by atoms with Gasteiger partial charge in [-0.15, -0.1) is 0 Å². The predicted octanol–water partition coefficient (Wildman–Crippen LogP) is 4.46. The van der Waals surface area contributed by atoms with E-state index in [1.165, 1.54) is 18.2 Å². The monoisotopic (exact) mass is 527 g/mol. The Morgan fingerprint density at radius 3 is 2.03 bits per heavy atom. The summed E-state index contributed by atoms with van der Waals surface area (Å²) in [6.45, 7) is 3.24. The maximum atomic E-state index is 12.8. The first-order valence-corrected chi connectivity index (χ1v) is 14.3. The Hall–Kier alpha value is -3.47. The molecule has 4 rings (SSSR count). The first-order chi connectivity index (χ1) is 17.0. The molecule has 0 radical (unpaired) electrons. The van der Waals surface area contributed by atoms with Gasteiger partial charge >= 0.3 is 5.97 Å². The molecule has 1 atom stereocenters. The van der Waals surface area contributed by atoms with Crippen LogP contribution in [0.4, 0.5) is 0 Å². The van der Waals surface area contributed by atoms with Crippen LogP contribution >= 0.6 is 0 Å². The van der Waals surface area contributed by atoms with Gasteiger partial charge in [-0.05, 0) is 40.8 Å². The Labute approximate surface area is 209 Å². The molecule has 2 N–H and O–H groups in total. The Kier molecular flexibility index (Phi) is 7.03. The van der Waals surface area contributed by atoms with Gasteiger partial charge in [0, 0.05) is 11.5 Å². The molecular weight excluding hydrogens is 502 g/mol. The molecule has 36 heavy (non-hydrogen) atoms. The van der Waals surface area contributed by atoms with Crippen LogP contribution in [-0.2, 0) is 30.4 Å². The standard InChI is InChI=1S/C26H25NO7S2/c1-17(2)25(26(28)29)27-36(32,33)22-13-11-20(12-14-22)19-9-7-18(8-10-19)16-35(30,31)24-15-21-5-3-4-6-23(21)34-24/h3-15,17,25,27H,16H2,1-2H3,(H,28,29)/t25-/m1/s1. The number of hydrogen-bond donors (Lipinski definition) is 2. The van der Waals surface area contributed by atoms with Crippen LogP contribution in [-0.4, -0.2) is 34.0 Å². The third-order valence-electron chi connectivity index (χ3n) is 5.73. The van der Waals surface area contributed by atoms with E-state index in [2.05, 4.69) is 4.72 Å². The molecule has 188 valence electrons. The number of nitrogens with one attached hydrogen (secondary N) is 1. The molecule has 0 fully saturated rings. The minimum Gasteiger partial charge on any atom is -0.480 e. The number of carbonyl (C=O) groups is 1. The van der Waals surface area contributed by atoms with Gasteiger partial charge in [-0.25, -0.2) is 16.8 Å². The lowest BCUT2D eigenvalue weighted by molar-refractivity contribution is -0.140. The minimum absolute atomic E-state index is 0.0494. The highest BCUT2D eigenvalue weighted by molar-refractivity contribution is 7.90. The minimum atomic E-state index is -4.02. The lowest BCUT2D eigenvalue weighted by atomic mass is 10.0. The Bertz CT molecular complexity index is 1570. The number of hydrogen-bond acceptors (Lipinski definition) is 6. The van der Waals surface area contributed by atoms with Gasteiger partial charge in [0.15, 0.2) is 0 Å². The summed E-state index contributed by atoms with van der Waals surface area (Å²) in [6, 6.07) is 20.3. The van der Waals surface area contributed by atoms with Crippen LogP contribution in [0.15, 0.2) is 93.3 Å². The van der Waals surface area contributed by atoms with Crippen LogP contribution in [0.2, 0.25) is 0 Å². The highest BCUT2D eigenvalue weighted by Gasteiger charge is 2.28. The quantitative estimate of drug-likeness (QED) is 0.329. The van der Waals surface area contributed by atoms with Crippen LogP contribution in [0.25, 0.3) is 22.1 Å². The molecule has 0 saturated heterocycles. The number of benzene rings is 3. The average Bonchev–Trinajstić information content (AvgIpc) is 3.28. The normalized spacial score (nSPS) is 13.2. The fourth-order valence-corrected chi connectivity index (χ4v) is 6.36. The second kappa shape index (κ2) is 9.88. The molecule has 8 nitrogen and oxygen atoms in total. The summed E-state index contributed by atoms with van der Waals surface area (Å²) in [7, 11) is -7.70. The summed E-state index contributed by atoms with van der Waals surface area (Å²) in [5.41, 5.74) is 2.58. The van der Waals surface area contributed by atoms with Crippen molar-refractivity contribution in [1.29, 1.82) is 0 Å². The van der Waals surface area contributed by atoms with Gasteiger partial charge < -0.3 is 9.52 Å². The van der Waals surface area contributed by atoms with Crippen molar-refractivity contribution in [2.75, 3.05) is 0 Å². The van der Waals surface area contributed by atoms with Crippen LogP contribution in [0.1, 0.15) is 19.4 Å². The third kappa shape index (κ3) is 5.51. The van der Waals surface area contributed by atoms with E-state index in [-0.39, 0.29) is 15.7 Å². The third-order valence-corrected chi connectivity index (χ3v) is 8.72. The molecule has 0 bridgehead atoms. The average molecular weight is 528 g/mol. The van der Waals surface area contributed by atoms with Gasteiger partial charge in [0.25, 0.3) is 0 Å². The molecule has 0 unspecified atom stereocenters. The molecule has 0 spiro atoms. The molecule has 3 aromatic carbocycles. The number of aliphatic carboxylic acids is 1. The van der Waals surface area contributed by atoms with E-state index in [0.717, 1.165) is 16.5 Å². The summed E-state index contributed by atoms with van der Waals surface area (Å²) >= 11 is 0. The number of para-hydroxylation sites is 1. The van der Waals surface area contributed by atoms with Crippen LogP contribution < -0.4 is 4.72 Å². The topological polar surface area (TPSA) is 131 Å². The van der Waals surface area contributed by atoms with Crippen molar-refractivity contribution < 1.29 is 31.2 Å². The highest BCUT2D eigenvalue weighted by atomic mass is 32.2. The molecule has 0 aliphatic carbocycles. The first-order valence-electron chi connectivity index (χ1n) is 11.1. The van der Waals surface area contributed by atoms with Crippen molar-refractivity contribution >= 4 is 36.8 Å². The number of sulfone groups is 1. The molecule has 0 saturated carbocycles. The molecule has 0 aliphatic rings. The summed E-state index contributed by atoms with van der Waals surface area (Å²) < 4.78 is 58.6. The number of furan rings is 1. The smallest absolute Gasteiger partial charge is 0.322 e. The zero-order valence-electron chi connectivity index (χ0n) is 19.6. The van der Waals surface area contributed by atoms with E-state index in [1.807, 2.05) is 6.07 Å². The molecule has 4 aromatic rings. The number of carboxylic acids is 1. The number of carboxylic acid groups (broad SMARTS) is 1. The molecule has 1 aromatic heterocycles. The van der Waals surface area contributed by atoms with Crippen LogP contribution in [0.5, 0.6) is 0 Å². The number of rotatable bonds is 9. The van der Waals surface area contributed by atoms with Crippen molar-refractivity contribution in [2.45, 2.75) is 35.6 Å². The van der Waals surface area contributed by atoms with Crippen LogP contribution in [0, 0.1) is 5.92 Å². The predicted molar refractivity (Wildman–Crippen MR) is 136 cm³/mol. The van der Waals surface area contributed by atoms with Gasteiger partial charge in [-0.1, -0.05) is 68.4 Å².